The van der Waals surface area contributed by atoms with Crippen LogP contribution in [-0.2, 0) is 4.79 Å². The van der Waals surface area contributed by atoms with Crippen LogP contribution in [-0.4, -0.2) is 34.2 Å². The summed E-state index contributed by atoms with van der Waals surface area (Å²) in [6, 6.07) is 0.437. The van der Waals surface area contributed by atoms with E-state index < -0.39 is 49.6 Å². The van der Waals surface area contributed by atoms with Gasteiger partial charge in [-0.05, 0) is 84.0 Å². The highest BCUT2D eigenvalue weighted by Crippen LogP contribution is 2.38. The van der Waals surface area contributed by atoms with Gasteiger partial charge in [0, 0.05) is 22.9 Å². The summed E-state index contributed by atoms with van der Waals surface area (Å²) in [5.41, 5.74) is -0.267. The number of anilines is 1. The van der Waals surface area contributed by atoms with E-state index in [9.17, 15) is 19.8 Å². The molecule has 1 aromatic heterocycles. The zero-order valence-electron chi connectivity index (χ0n) is 23.6. The van der Waals surface area contributed by atoms with Gasteiger partial charge >= 0.3 is 5.97 Å². The van der Waals surface area contributed by atoms with Crippen LogP contribution in [0.25, 0.3) is 0 Å². The van der Waals surface area contributed by atoms with Crippen molar-refractivity contribution in [3.05, 3.63) is 15.8 Å². The molecule has 1 amide bonds. The molecule has 1 aromatic rings. The molecule has 2 fully saturated rings. The van der Waals surface area contributed by atoms with Crippen molar-refractivity contribution in [3.63, 3.8) is 0 Å². The number of aromatic carboxylic acids is 1. The number of hydrogen-bond donors (Lipinski definition) is 2. The fourth-order valence-electron chi connectivity index (χ4n) is 3.97. The highest BCUT2D eigenvalue weighted by atomic mass is 32.1. The molecule has 170 valence electrons. The molecule has 0 bridgehead atoms. The molecule has 2 saturated carbocycles. The molecule has 31 heavy (non-hydrogen) atoms. The number of thiophene rings is 1. The summed E-state index contributed by atoms with van der Waals surface area (Å²) in [6.07, 6.45) is -6.48. The lowest BCUT2D eigenvalue weighted by Crippen LogP contribution is -2.47. The monoisotopic (exact) mass is 450 g/mol. The number of carbonyl (C=O) groups is 2. The molecule has 3 rings (SSSR count). The lowest BCUT2D eigenvalue weighted by Gasteiger charge is -2.38. The van der Waals surface area contributed by atoms with Crippen LogP contribution in [0.1, 0.15) is 100 Å². The molecule has 1 heterocycles. The van der Waals surface area contributed by atoms with Crippen LogP contribution in [0.15, 0.2) is 6.07 Å². The van der Waals surface area contributed by atoms with Crippen molar-refractivity contribution in [3.8, 4) is 11.8 Å². The first kappa shape index (κ1) is 17.7. The molecule has 0 atom stereocenters. The quantitative estimate of drug-likeness (QED) is 0.610. The van der Waals surface area contributed by atoms with Gasteiger partial charge in [0.05, 0.1) is 18.0 Å². The molecule has 0 unspecified atom stereocenters. The van der Waals surface area contributed by atoms with E-state index in [1.54, 1.807) is 0 Å². The molecule has 5 nitrogen and oxygen atoms in total. The van der Waals surface area contributed by atoms with Crippen LogP contribution in [0.5, 0.6) is 0 Å². The Bertz CT molecular complexity index is 1050. The van der Waals surface area contributed by atoms with Crippen LogP contribution in [0.4, 0.5) is 5.69 Å². The predicted octanol–water partition coefficient (Wildman–Crippen LogP) is 5.31. The number of aliphatic hydroxyl groups is 1. The number of hydrogen-bond acceptors (Lipinski definition) is 4. The number of carbonyl (C=O) groups excluding carboxylic acids is 1. The van der Waals surface area contributed by atoms with E-state index in [2.05, 4.69) is 18.8 Å². The normalized spacial score (nSPS) is 34.6. The Hall–Kier alpha value is -1.84. The molecule has 6 heteroatoms. The third-order valence-electron chi connectivity index (χ3n) is 5.70. The maximum Gasteiger partial charge on any atom is 0.348 e. The summed E-state index contributed by atoms with van der Waals surface area (Å²) in [6.45, 7) is 7.86. The minimum Gasteiger partial charge on any atom is -0.477 e. The highest BCUT2D eigenvalue weighted by Gasteiger charge is 2.37. The van der Waals surface area contributed by atoms with E-state index in [4.69, 9.17) is 6.85 Å². The summed E-state index contributed by atoms with van der Waals surface area (Å²) in [4.78, 5) is 27.7. The van der Waals surface area contributed by atoms with Gasteiger partial charge in [0.15, 0.2) is 0 Å². The smallest absolute Gasteiger partial charge is 0.348 e. The summed E-state index contributed by atoms with van der Waals surface area (Å²) in [5.74, 6) is 4.47. The van der Waals surface area contributed by atoms with Crippen LogP contribution in [0.2, 0.25) is 0 Å². The van der Waals surface area contributed by atoms with Crippen molar-refractivity contribution >= 4 is 28.9 Å². The van der Waals surface area contributed by atoms with Crippen molar-refractivity contribution in [1.29, 1.82) is 0 Å². The number of nitrogens with zero attached hydrogens (tertiary/aromatic N) is 1. The van der Waals surface area contributed by atoms with Gasteiger partial charge in [-0.2, -0.15) is 0 Å². The van der Waals surface area contributed by atoms with Crippen molar-refractivity contribution < 1.29 is 26.7 Å². The first-order valence-corrected chi connectivity index (χ1v) is 11.6. The second-order valence-corrected chi connectivity index (χ2v) is 10.6. The molecule has 0 aliphatic heterocycles. The number of carboxylic acid groups (broad SMARTS) is 1. The van der Waals surface area contributed by atoms with Crippen molar-refractivity contribution in [2.75, 3.05) is 4.90 Å². The fraction of sp³-hybridized carbons (Fsp3) is 0.680. The summed E-state index contributed by atoms with van der Waals surface area (Å²) < 4.78 is 41.1. The first-order valence-electron chi connectivity index (χ1n) is 13.3. The maximum absolute atomic E-state index is 13.9. The molecular formula is C25H35NO4S. The Morgan fingerprint density at radius 2 is 1.81 bits per heavy atom. The summed E-state index contributed by atoms with van der Waals surface area (Å²) in [5, 5.41) is 20.4. The molecule has 2 aliphatic rings. The SMILES string of the molecule is [2H]C1([2H])CC(N(C(=O)C2CCC(C)CC2)c2cc(C#CC(C)(C)C)sc2C(=O)O)CC([2H])([2H])C1([2H])O. The second-order valence-electron chi connectivity index (χ2n) is 9.56. The van der Waals surface area contributed by atoms with E-state index in [1.807, 2.05) is 20.8 Å². The summed E-state index contributed by atoms with van der Waals surface area (Å²) in [7, 11) is 0. The average Bonchev–Trinajstić information content (AvgIpc) is 3.15. The van der Waals surface area contributed by atoms with E-state index in [1.165, 1.54) is 11.0 Å². The largest absolute Gasteiger partial charge is 0.477 e. The molecular weight excluding hydrogens is 410 g/mol. The van der Waals surface area contributed by atoms with E-state index in [-0.39, 0.29) is 21.9 Å². The number of rotatable bonds is 4. The Labute approximate surface area is 196 Å². The third kappa shape index (κ3) is 6.11. The molecule has 0 spiro atoms. The summed E-state index contributed by atoms with van der Waals surface area (Å²) >= 11 is 0.924. The molecule has 0 aromatic carbocycles. The Morgan fingerprint density at radius 3 is 2.35 bits per heavy atom. The van der Waals surface area contributed by atoms with Gasteiger partial charge in [0.1, 0.15) is 4.88 Å². The van der Waals surface area contributed by atoms with Crippen LogP contribution < -0.4 is 4.90 Å². The van der Waals surface area contributed by atoms with Gasteiger partial charge in [-0.25, -0.2) is 4.79 Å². The van der Waals surface area contributed by atoms with Gasteiger partial charge < -0.3 is 15.1 Å². The van der Waals surface area contributed by atoms with Crippen molar-refractivity contribution in [1.82, 2.24) is 0 Å². The standard InChI is InChI=1S/C25H35NO4S/c1-16-5-7-17(8-6-16)23(28)26(18-9-11-19(27)12-10-18)21-15-20(13-14-25(2,3)4)31-22(21)24(29)30/h15-19,27H,5-12H2,1-4H3,(H,29,30)/i11D2,12D2,19D. The topological polar surface area (TPSA) is 77.8 Å². The molecule has 2 aliphatic carbocycles. The van der Waals surface area contributed by atoms with Gasteiger partial charge in [-0.15, -0.1) is 11.3 Å². The van der Waals surface area contributed by atoms with Crippen LogP contribution in [0.3, 0.4) is 0 Å². The third-order valence-corrected chi connectivity index (χ3v) is 6.73. The zero-order valence-corrected chi connectivity index (χ0v) is 19.4. The van der Waals surface area contributed by atoms with Crippen LogP contribution >= 0.6 is 11.3 Å². The zero-order chi connectivity index (χ0) is 27.3. The van der Waals surface area contributed by atoms with Gasteiger partial charge in [0.25, 0.3) is 0 Å². The number of carboxylic acids is 1. The van der Waals surface area contributed by atoms with Crippen molar-refractivity contribution in [2.45, 2.75) is 91.1 Å². The predicted molar refractivity (Wildman–Crippen MR) is 124 cm³/mol. The number of amides is 1. The van der Waals surface area contributed by atoms with Gasteiger partial charge in [-0.1, -0.05) is 18.8 Å². The van der Waals surface area contributed by atoms with E-state index >= 15 is 0 Å². The molecule has 0 radical (unpaired) electrons. The average molecular weight is 451 g/mol. The Balaban J connectivity index is 2.14. The molecule has 2 N–H and O–H groups in total. The van der Waals surface area contributed by atoms with Gasteiger partial charge in [0.2, 0.25) is 5.91 Å². The van der Waals surface area contributed by atoms with E-state index in [0.29, 0.717) is 23.6 Å². The van der Waals surface area contributed by atoms with Crippen molar-refractivity contribution in [2.24, 2.45) is 17.3 Å². The highest BCUT2D eigenvalue weighted by molar-refractivity contribution is 7.15. The Morgan fingerprint density at radius 1 is 1.19 bits per heavy atom. The first-order chi connectivity index (χ1) is 16.4. The van der Waals surface area contributed by atoms with Crippen LogP contribution in [0, 0.1) is 29.1 Å². The maximum atomic E-state index is 13.9. The van der Waals surface area contributed by atoms with Gasteiger partial charge in [-0.3, -0.25) is 4.79 Å². The van der Waals surface area contributed by atoms with E-state index in [0.717, 1.165) is 24.2 Å². The Kier molecular flexibility index (Phi) is 5.56. The minimum absolute atomic E-state index is 0.0707. The lowest BCUT2D eigenvalue weighted by molar-refractivity contribution is -0.124. The minimum atomic E-state index is -3.01. The fourth-order valence-corrected chi connectivity index (χ4v) is 4.81. The second kappa shape index (κ2) is 9.75. The molecule has 0 saturated heterocycles. The lowest BCUT2D eigenvalue weighted by atomic mass is 9.81.